The summed E-state index contributed by atoms with van der Waals surface area (Å²) in [5.41, 5.74) is 1.61. The Morgan fingerprint density at radius 2 is 2.09 bits per heavy atom. The molecule has 2 atom stereocenters. The van der Waals surface area contributed by atoms with Crippen molar-refractivity contribution in [2.24, 2.45) is 0 Å². The topological polar surface area (TPSA) is 66.7 Å². The Hall–Kier alpha value is -2.63. The Kier molecular flexibility index (Phi) is 3.37. The van der Waals surface area contributed by atoms with E-state index >= 15 is 0 Å². The zero-order valence-electron chi connectivity index (χ0n) is 12.6. The maximum Gasteiger partial charge on any atom is 0.257 e. The van der Waals surface area contributed by atoms with E-state index in [1.807, 2.05) is 21.9 Å². The fraction of sp³-hybridized carbons (Fsp3) is 0.353. The maximum absolute atomic E-state index is 12.6. The molecule has 2 aromatic rings. The third-order valence-corrected chi connectivity index (χ3v) is 4.75. The highest BCUT2D eigenvalue weighted by Gasteiger charge is 2.48. The van der Waals surface area contributed by atoms with Gasteiger partial charge in [-0.1, -0.05) is 0 Å². The number of aromatic nitrogens is 1. The zero-order valence-corrected chi connectivity index (χ0v) is 12.6. The first kappa shape index (κ1) is 14.0. The number of amides is 2. The predicted octanol–water partition coefficient (Wildman–Crippen LogP) is 1.69. The van der Waals surface area contributed by atoms with Crippen LogP contribution in [-0.4, -0.2) is 45.2 Å². The van der Waals surface area contributed by atoms with Gasteiger partial charge in [0.1, 0.15) is 6.26 Å². The molecule has 0 saturated carbocycles. The van der Waals surface area contributed by atoms with Crippen LogP contribution < -0.4 is 0 Å². The number of likely N-dealkylation sites (tertiary alicyclic amines) is 2. The fourth-order valence-electron chi connectivity index (χ4n) is 3.62. The number of carbonyl (C=O) groups is 2. The number of carbonyl (C=O) groups excluding carboxylic acids is 2. The third-order valence-electron chi connectivity index (χ3n) is 4.75. The molecule has 4 heterocycles. The van der Waals surface area contributed by atoms with Gasteiger partial charge in [-0.15, -0.1) is 0 Å². The summed E-state index contributed by atoms with van der Waals surface area (Å²) in [7, 11) is 0. The van der Waals surface area contributed by atoms with Crippen molar-refractivity contribution in [2.45, 2.75) is 31.5 Å². The molecule has 6 nitrogen and oxygen atoms in total. The van der Waals surface area contributed by atoms with Crippen LogP contribution in [0.2, 0.25) is 0 Å². The largest absolute Gasteiger partial charge is 0.472 e. The molecule has 118 valence electrons. The smallest absolute Gasteiger partial charge is 0.257 e. The van der Waals surface area contributed by atoms with Crippen molar-refractivity contribution in [3.05, 3.63) is 54.2 Å². The molecule has 2 fully saturated rings. The third kappa shape index (κ3) is 2.40. The van der Waals surface area contributed by atoms with E-state index in [1.165, 1.54) is 12.5 Å². The van der Waals surface area contributed by atoms with Crippen LogP contribution in [0.25, 0.3) is 0 Å². The molecule has 0 unspecified atom stereocenters. The van der Waals surface area contributed by atoms with Gasteiger partial charge in [0.15, 0.2) is 0 Å². The van der Waals surface area contributed by atoms with Crippen LogP contribution in [0.5, 0.6) is 0 Å². The minimum Gasteiger partial charge on any atom is -0.472 e. The fourth-order valence-corrected chi connectivity index (χ4v) is 3.62. The lowest BCUT2D eigenvalue weighted by molar-refractivity contribution is -0.129. The Morgan fingerprint density at radius 3 is 2.83 bits per heavy atom. The lowest BCUT2D eigenvalue weighted by atomic mass is 10.1. The van der Waals surface area contributed by atoms with Crippen LogP contribution in [0.4, 0.5) is 0 Å². The second-order valence-corrected chi connectivity index (χ2v) is 6.02. The highest BCUT2D eigenvalue weighted by Crippen LogP contribution is 2.34. The normalized spacial score (nSPS) is 23.4. The Morgan fingerprint density at radius 1 is 1.26 bits per heavy atom. The van der Waals surface area contributed by atoms with Gasteiger partial charge in [0, 0.05) is 31.9 Å². The molecule has 2 amide bonds. The molecule has 2 aromatic heterocycles. The molecule has 0 aliphatic carbocycles. The average Bonchev–Trinajstić information content (AvgIpc) is 3.27. The molecule has 23 heavy (non-hydrogen) atoms. The van der Waals surface area contributed by atoms with Crippen molar-refractivity contribution in [3.63, 3.8) is 0 Å². The van der Waals surface area contributed by atoms with E-state index in [-0.39, 0.29) is 23.9 Å². The van der Waals surface area contributed by atoms with E-state index in [1.54, 1.807) is 18.5 Å². The van der Waals surface area contributed by atoms with Crippen molar-refractivity contribution < 1.29 is 14.0 Å². The Bertz CT molecular complexity index is 714. The zero-order chi connectivity index (χ0) is 15.8. The number of hydrogen-bond donors (Lipinski definition) is 0. The van der Waals surface area contributed by atoms with E-state index < -0.39 is 0 Å². The van der Waals surface area contributed by atoms with Crippen LogP contribution in [0.15, 0.2) is 47.5 Å². The summed E-state index contributed by atoms with van der Waals surface area (Å²) >= 11 is 0. The van der Waals surface area contributed by atoms with Gasteiger partial charge in [-0.3, -0.25) is 14.6 Å². The molecule has 0 bridgehead atoms. The van der Waals surface area contributed by atoms with Crippen molar-refractivity contribution in [1.29, 1.82) is 0 Å². The van der Waals surface area contributed by atoms with E-state index in [2.05, 4.69) is 4.98 Å². The quantitative estimate of drug-likeness (QED) is 0.865. The Balaban J connectivity index is 1.52. The van der Waals surface area contributed by atoms with Gasteiger partial charge in [-0.05, 0) is 30.2 Å². The minimum absolute atomic E-state index is 0.0354. The number of pyridine rings is 1. The summed E-state index contributed by atoms with van der Waals surface area (Å²) in [6.07, 6.45) is 7.65. The number of hydrogen-bond acceptors (Lipinski definition) is 4. The molecule has 4 rings (SSSR count). The molecule has 6 heteroatoms. The number of rotatable bonds is 3. The summed E-state index contributed by atoms with van der Waals surface area (Å²) in [5.74, 6) is 0.0614. The first-order valence-electron chi connectivity index (χ1n) is 7.75. The molecular formula is C17H17N3O3. The highest BCUT2D eigenvalue weighted by atomic mass is 16.3. The van der Waals surface area contributed by atoms with E-state index in [0.29, 0.717) is 25.1 Å². The van der Waals surface area contributed by atoms with Crippen LogP contribution in [0.3, 0.4) is 0 Å². The van der Waals surface area contributed by atoms with Gasteiger partial charge in [-0.25, -0.2) is 0 Å². The maximum atomic E-state index is 12.6. The minimum atomic E-state index is -0.0511. The van der Waals surface area contributed by atoms with Crippen LogP contribution >= 0.6 is 0 Å². The van der Waals surface area contributed by atoms with Crippen molar-refractivity contribution in [2.75, 3.05) is 6.54 Å². The predicted molar refractivity (Wildman–Crippen MR) is 81.3 cm³/mol. The highest BCUT2D eigenvalue weighted by molar-refractivity contribution is 5.95. The van der Waals surface area contributed by atoms with E-state index in [9.17, 15) is 9.59 Å². The van der Waals surface area contributed by atoms with Gasteiger partial charge >= 0.3 is 0 Å². The number of furan rings is 1. The Labute approximate surface area is 133 Å². The standard InChI is InChI=1S/C17H17N3O3/c21-16-9-15-14(20(16)10-12-1-5-18-6-2-12)3-7-19(15)17(22)13-4-8-23-11-13/h1-2,4-6,8,11,14-15H,3,7,9-10H2/t14-,15+/m1/s1. The lowest BCUT2D eigenvalue weighted by Crippen LogP contribution is -2.39. The van der Waals surface area contributed by atoms with Gasteiger partial charge in [-0.2, -0.15) is 0 Å². The molecule has 0 N–H and O–H groups in total. The van der Waals surface area contributed by atoms with Crippen molar-refractivity contribution in [1.82, 2.24) is 14.8 Å². The SMILES string of the molecule is O=C1C[C@H]2[C@@H](CCN2C(=O)c2ccoc2)N1Cc1ccncc1. The second kappa shape index (κ2) is 5.53. The first-order valence-corrected chi connectivity index (χ1v) is 7.75. The monoisotopic (exact) mass is 311 g/mol. The van der Waals surface area contributed by atoms with Gasteiger partial charge in [0.25, 0.3) is 5.91 Å². The lowest BCUT2D eigenvalue weighted by Gasteiger charge is -2.25. The van der Waals surface area contributed by atoms with Crippen LogP contribution in [-0.2, 0) is 11.3 Å². The van der Waals surface area contributed by atoms with Gasteiger partial charge in [0.2, 0.25) is 5.91 Å². The van der Waals surface area contributed by atoms with E-state index in [4.69, 9.17) is 4.42 Å². The van der Waals surface area contributed by atoms with Crippen LogP contribution in [0.1, 0.15) is 28.8 Å². The molecule has 2 saturated heterocycles. The van der Waals surface area contributed by atoms with Crippen molar-refractivity contribution >= 4 is 11.8 Å². The number of nitrogens with zero attached hydrogens (tertiary/aromatic N) is 3. The summed E-state index contributed by atoms with van der Waals surface area (Å²) in [6, 6.07) is 5.58. The first-order chi connectivity index (χ1) is 11.2. The molecule has 0 aromatic carbocycles. The molecule has 0 radical (unpaired) electrons. The average molecular weight is 311 g/mol. The molecule has 0 spiro atoms. The van der Waals surface area contributed by atoms with Gasteiger partial charge < -0.3 is 14.2 Å². The summed E-state index contributed by atoms with van der Waals surface area (Å²) in [6.45, 7) is 1.26. The van der Waals surface area contributed by atoms with E-state index in [0.717, 1.165) is 12.0 Å². The second-order valence-electron chi connectivity index (χ2n) is 6.02. The summed E-state index contributed by atoms with van der Waals surface area (Å²) in [4.78, 5) is 32.7. The summed E-state index contributed by atoms with van der Waals surface area (Å²) < 4.78 is 5.00. The number of fused-ring (bicyclic) bond motifs is 1. The van der Waals surface area contributed by atoms with Crippen molar-refractivity contribution in [3.8, 4) is 0 Å². The molecule has 2 aliphatic heterocycles. The summed E-state index contributed by atoms with van der Waals surface area (Å²) in [5, 5.41) is 0. The molecular weight excluding hydrogens is 294 g/mol. The van der Waals surface area contributed by atoms with Crippen LogP contribution in [0, 0.1) is 0 Å². The molecule has 2 aliphatic rings. The van der Waals surface area contributed by atoms with Gasteiger partial charge in [0.05, 0.1) is 23.9 Å².